The van der Waals surface area contributed by atoms with Crippen LogP contribution in [0, 0.1) is 0 Å². The summed E-state index contributed by atoms with van der Waals surface area (Å²) in [6.07, 6.45) is 0. The summed E-state index contributed by atoms with van der Waals surface area (Å²) in [5, 5.41) is 5.00. The van der Waals surface area contributed by atoms with Crippen molar-refractivity contribution in [2.75, 3.05) is 19.6 Å². The lowest BCUT2D eigenvalue weighted by atomic mass is 10.1. The molecule has 1 aliphatic heterocycles. The summed E-state index contributed by atoms with van der Waals surface area (Å²) < 4.78 is 0. The standard InChI is InChI=1S/C15H26N2Si/c1-13-11-16-9-10-17(13)12-14-5-7-15(8-6-14)18(2,3)4/h5-8,13,16H,9-12H2,1-4H3. The van der Waals surface area contributed by atoms with Crippen molar-refractivity contribution in [2.24, 2.45) is 0 Å². The van der Waals surface area contributed by atoms with E-state index in [4.69, 9.17) is 0 Å². The Morgan fingerprint density at radius 2 is 1.89 bits per heavy atom. The van der Waals surface area contributed by atoms with Gasteiger partial charge in [0.25, 0.3) is 0 Å². The second-order valence-electron chi connectivity index (χ2n) is 6.47. The molecule has 1 aliphatic rings. The van der Waals surface area contributed by atoms with Gasteiger partial charge in [-0.05, 0) is 12.5 Å². The summed E-state index contributed by atoms with van der Waals surface area (Å²) in [6.45, 7) is 14.0. The smallest absolute Gasteiger partial charge is 0.0775 e. The SMILES string of the molecule is CC1CNCCN1Cc1ccc([Si](C)(C)C)cc1. The van der Waals surface area contributed by atoms with Gasteiger partial charge in [0.2, 0.25) is 0 Å². The average Bonchev–Trinajstić information content (AvgIpc) is 2.32. The molecule has 1 unspecified atom stereocenters. The highest BCUT2D eigenvalue weighted by Crippen LogP contribution is 2.10. The Kier molecular flexibility index (Phi) is 4.25. The second-order valence-corrected chi connectivity index (χ2v) is 11.5. The predicted molar refractivity (Wildman–Crippen MR) is 82.2 cm³/mol. The first-order valence-corrected chi connectivity index (χ1v) is 10.5. The highest BCUT2D eigenvalue weighted by molar-refractivity contribution is 6.88. The third kappa shape index (κ3) is 3.43. The molecule has 1 atom stereocenters. The van der Waals surface area contributed by atoms with E-state index in [2.05, 4.69) is 61.0 Å². The van der Waals surface area contributed by atoms with Crippen LogP contribution in [-0.2, 0) is 6.54 Å². The Morgan fingerprint density at radius 1 is 1.22 bits per heavy atom. The maximum absolute atomic E-state index is 3.44. The zero-order valence-electron chi connectivity index (χ0n) is 12.2. The molecule has 1 aromatic rings. The van der Waals surface area contributed by atoms with Crippen molar-refractivity contribution >= 4 is 13.3 Å². The number of nitrogens with zero attached hydrogens (tertiary/aromatic N) is 1. The number of piperazine rings is 1. The van der Waals surface area contributed by atoms with Gasteiger partial charge in [0.15, 0.2) is 0 Å². The Balaban J connectivity index is 2.02. The highest BCUT2D eigenvalue weighted by Gasteiger charge is 2.19. The minimum atomic E-state index is -1.15. The summed E-state index contributed by atoms with van der Waals surface area (Å²) in [4.78, 5) is 2.57. The second kappa shape index (κ2) is 5.55. The molecule has 3 heteroatoms. The molecule has 1 aromatic carbocycles. The molecule has 1 heterocycles. The van der Waals surface area contributed by atoms with Gasteiger partial charge >= 0.3 is 0 Å². The van der Waals surface area contributed by atoms with Crippen molar-refractivity contribution in [1.29, 1.82) is 0 Å². The normalized spacial score (nSPS) is 22.1. The van der Waals surface area contributed by atoms with Gasteiger partial charge in [0.1, 0.15) is 0 Å². The number of hydrogen-bond donors (Lipinski definition) is 1. The molecule has 1 saturated heterocycles. The molecule has 2 rings (SSSR count). The van der Waals surface area contributed by atoms with Crippen molar-refractivity contribution < 1.29 is 0 Å². The molecule has 18 heavy (non-hydrogen) atoms. The largest absolute Gasteiger partial charge is 0.314 e. The van der Waals surface area contributed by atoms with E-state index < -0.39 is 8.07 Å². The van der Waals surface area contributed by atoms with Gasteiger partial charge < -0.3 is 5.32 Å². The lowest BCUT2D eigenvalue weighted by Gasteiger charge is -2.34. The van der Waals surface area contributed by atoms with Gasteiger partial charge in [-0.1, -0.05) is 49.1 Å². The number of benzene rings is 1. The Morgan fingerprint density at radius 3 is 2.44 bits per heavy atom. The lowest BCUT2D eigenvalue weighted by Crippen LogP contribution is -2.49. The van der Waals surface area contributed by atoms with E-state index in [-0.39, 0.29) is 0 Å². The van der Waals surface area contributed by atoms with Crippen molar-refractivity contribution in [3.63, 3.8) is 0 Å². The Bertz CT molecular complexity index is 380. The Labute approximate surface area is 112 Å². The van der Waals surface area contributed by atoms with E-state index in [1.807, 2.05) is 0 Å². The first-order valence-electron chi connectivity index (χ1n) is 7.01. The summed E-state index contributed by atoms with van der Waals surface area (Å²) in [5.41, 5.74) is 1.45. The fraction of sp³-hybridized carbons (Fsp3) is 0.600. The van der Waals surface area contributed by atoms with E-state index >= 15 is 0 Å². The van der Waals surface area contributed by atoms with Crippen LogP contribution in [0.25, 0.3) is 0 Å². The van der Waals surface area contributed by atoms with E-state index in [1.165, 1.54) is 5.56 Å². The molecule has 0 spiro atoms. The van der Waals surface area contributed by atoms with Gasteiger partial charge in [0.05, 0.1) is 8.07 Å². The number of nitrogens with one attached hydrogen (secondary N) is 1. The molecular formula is C15H26N2Si. The van der Waals surface area contributed by atoms with E-state index in [9.17, 15) is 0 Å². The van der Waals surface area contributed by atoms with Crippen LogP contribution < -0.4 is 10.5 Å². The monoisotopic (exact) mass is 262 g/mol. The summed E-state index contributed by atoms with van der Waals surface area (Å²) in [7, 11) is -1.15. The van der Waals surface area contributed by atoms with Gasteiger partial charge in [0, 0.05) is 32.2 Å². The van der Waals surface area contributed by atoms with Crippen LogP contribution in [0.4, 0.5) is 0 Å². The van der Waals surface area contributed by atoms with Crippen LogP contribution in [0.1, 0.15) is 12.5 Å². The van der Waals surface area contributed by atoms with Crippen LogP contribution in [0.5, 0.6) is 0 Å². The predicted octanol–water partition coefficient (Wildman–Crippen LogP) is 2.03. The summed E-state index contributed by atoms with van der Waals surface area (Å²) in [6, 6.07) is 9.98. The zero-order chi connectivity index (χ0) is 13.2. The van der Waals surface area contributed by atoms with Crippen LogP contribution in [0.2, 0.25) is 19.6 Å². The van der Waals surface area contributed by atoms with Crippen molar-refractivity contribution in [3.05, 3.63) is 29.8 Å². The summed E-state index contributed by atoms with van der Waals surface area (Å²) >= 11 is 0. The molecule has 0 bridgehead atoms. The molecule has 0 aromatic heterocycles. The van der Waals surface area contributed by atoms with Gasteiger partial charge in [-0.2, -0.15) is 0 Å². The summed E-state index contributed by atoms with van der Waals surface area (Å²) in [5.74, 6) is 0. The van der Waals surface area contributed by atoms with Crippen LogP contribution in [-0.4, -0.2) is 38.6 Å². The fourth-order valence-electron chi connectivity index (χ4n) is 2.46. The quantitative estimate of drug-likeness (QED) is 0.839. The molecule has 100 valence electrons. The molecule has 1 N–H and O–H groups in total. The fourth-order valence-corrected chi connectivity index (χ4v) is 3.63. The van der Waals surface area contributed by atoms with Crippen molar-refractivity contribution in [1.82, 2.24) is 10.2 Å². The van der Waals surface area contributed by atoms with E-state index in [0.717, 1.165) is 26.2 Å². The average molecular weight is 262 g/mol. The zero-order valence-corrected chi connectivity index (χ0v) is 13.2. The van der Waals surface area contributed by atoms with E-state index in [1.54, 1.807) is 5.19 Å². The minimum absolute atomic E-state index is 0.649. The maximum atomic E-state index is 3.44. The molecule has 1 fully saturated rings. The third-order valence-electron chi connectivity index (χ3n) is 3.84. The van der Waals surface area contributed by atoms with E-state index in [0.29, 0.717) is 6.04 Å². The Hall–Kier alpha value is -0.643. The minimum Gasteiger partial charge on any atom is -0.314 e. The molecular weight excluding hydrogens is 236 g/mol. The lowest BCUT2D eigenvalue weighted by molar-refractivity contribution is 0.165. The number of rotatable bonds is 3. The number of hydrogen-bond acceptors (Lipinski definition) is 2. The third-order valence-corrected chi connectivity index (χ3v) is 5.91. The van der Waals surface area contributed by atoms with Gasteiger partial charge in [-0.25, -0.2) is 0 Å². The molecule has 0 radical (unpaired) electrons. The van der Waals surface area contributed by atoms with Crippen molar-refractivity contribution in [2.45, 2.75) is 39.2 Å². The first kappa shape index (κ1) is 13.8. The highest BCUT2D eigenvalue weighted by atomic mass is 28.3. The molecule has 0 aliphatic carbocycles. The maximum Gasteiger partial charge on any atom is 0.0775 e. The van der Waals surface area contributed by atoms with Crippen LogP contribution in [0.3, 0.4) is 0 Å². The van der Waals surface area contributed by atoms with Crippen LogP contribution in [0.15, 0.2) is 24.3 Å². The molecule has 2 nitrogen and oxygen atoms in total. The van der Waals surface area contributed by atoms with Gasteiger partial charge in [-0.15, -0.1) is 0 Å². The van der Waals surface area contributed by atoms with Crippen LogP contribution >= 0.6 is 0 Å². The topological polar surface area (TPSA) is 15.3 Å². The van der Waals surface area contributed by atoms with Crippen molar-refractivity contribution in [3.8, 4) is 0 Å². The van der Waals surface area contributed by atoms with Gasteiger partial charge in [-0.3, -0.25) is 4.90 Å². The molecule has 0 saturated carbocycles. The first-order chi connectivity index (χ1) is 8.47. The molecule has 0 amide bonds.